The molecule has 0 aliphatic carbocycles. The minimum atomic E-state index is -3.64. The van der Waals surface area contributed by atoms with Gasteiger partial charge in [-0.25, -0.2) is 13.6 Å². The number of nitrogens with two attached hydrogens (primary N) is 1. The summed E-state index contributed by atoms with van der Waals surface area (Å²) in [5, 5.41) is 5.90. The first-order valence-electron chi connectivity index (χ1n) is 5.19. The van der Waals surface area contributed by atoms with Crippen molar-refractivity contribution in [2.45, 2.75) is 4.21 Å². The van der Waals surface area contributed by atoms with Crippen LogP contribution in [0.2, 0.25) is 0 Å². The van der Waals surface area contributed by atoms with E-state index >= 15 is 0 Å². The monoisotopic (exact) mass is 287 g/mol. The number of ether oxygens (including phenoxy) is 2. The third-order valence-corrected chi connectivity index (χ3v) is 4.84. The zero-order chi connectivity index (χ0) is 13.2. The third kappa shape index (κ3) is 2.99. The fraction of sp³-hybridized carbons (Fsp3) is 0.273. The summed E-state index contributed by atoms with van der Waals surface area (Å²) in [6.45, 7) is 0.957. The summed E-state index contributed by atoms with van der Waals surface area (Å²) in [6.07, 6.45) is 0. The molecule has 7 heteroatoms. The lowest BCUT2D eigenvalue weighted by Crippen LogP contribution is -2.09. The predicted octanol–water partition coefficient (Wildman–Crippen LogP) is 1.57. The van der Waals surface area contributed by atoms with Crippen molar-refractivity contribution < 1.29 is 17.9 Å². The van der Waals surface area contributed by atoms with E-state index < -0.39 is 10.0 Å². The van der Waals surface area contributed by atoms with Crippen molar-refractivity contribution in [3.63, 3.8) is 0 Å². The molecule has 0 radical (unpaired) electrons. The minimum Gasteiger partial charge on any atom is -0.491 e. The highest BCUT2D eigenvalue weighted by Gasteiger charge is 2.12. The lowest BCUT2D eigenvalue weighted by molar-refractivity contribution is 0.146. The quantitative estimate of drug-likeness (QED) is 0.847. The molecule has 0 aliphatic rings. The van der Waals surface area contributed by atoms with E-state index in [1.165, 1.54) is 0 Å². The molecule has 2 N–H and O–H groups in total. The summed E-state index contributed by atoms with van der Waals surface area (Å²) in [6, 6.07) is 6.95. The Morgan fingerprint density at radius 3 is 2.72 bits per heavy atom. The SMILES string of the molecule is COCCOc1ccc2sc(S(N)(=O)=O)cc2c1. The smallest absolute Gasteiger partial charge is 0.247 e. The van der Waals surface area contributed by atoms with Crippen LogP contribution in [0.15, 0.2) is 28.5 Å². The first-order valence-corrected chi connectivity index (χ1v) is 7.55. The number of hydrogen-bond acceptors (Lipinski definition) is 5. The molecule has 0 spiro atoms. The fourth-order valence-electron chi connectivity index (χ4n) is 1.47. The van der Waals surface area contributed by atoms with E-state index in [9.17, 15) is 8.42 Å². The van der Waals surface area contributed by atoms with Gasteiger partial charge < -0.3 is 9.47 Å². The van der Waals surface area contributed by atoms with Crippen LogP contribution in [0.3, 0.4) is 0 Å². The summed E-state index contributed by atoms with van der Waals surface area (Å²) < 4.78 is 33.8. The molecule has 1 aromatic carbocycles. The van der Waals surface area contributed by atoms with Crippen LogP contribution in [0.25, 0.3) is 10.1 Å². The topological polar surface area (TPSA) is 78.6 Å². The standard InChI is InChI=1S/C11H13NO4S2/c1-15-4-5-16-9-2-3-10-8(6-9)7-11(17-10)18(12,13)14/h2-3,6-7H,4-5H2,1H3,(H2,12,13,14). The number of benzene rings is 1. The normalized spacial score (nSPS) is 11.9. The second-order valence-electron chi connectivity index (χ2n) is 3.65. The summed E-state index contributed by atoms with van der Waals surface area (Å²) >= 11 is 1.15. The Labute approximate surface area is 109 Å². The lowest BCUT2D eigenvalue weighted by atomic mass is 10.2. The van der Waals surface area contributed by atoms with E-state index in [1.807, 2.05) is 6.07 Å². The molecule has 98 valence electrons. The Morgan fingerprint density at radius 1 is 1.28 bits per heavy atom. The van der Waals surface area contributed by atoms with Gasteiger partial charge in [0, 0.05) is 11.8 Å². The van der Waals surface area contributed by atoms with Gasteiger partial charge in [-0.2, -0.15) is 0 Å². The van der Waals surface area contributed by atoms with Crippen LogP contribution in [0.4, 0.5) is 0 Å². The zero-order valence-electron chi connectivity index (χ0n) is 9.75. The van der Waals surface area contributed by atoms with Crippen molar-refractivity contribution in [3.05, 3.63) is 24.3 Å². The van der Waals surface area contributed by atoms with Crippen LogP contribution in [0, 0.1) is 0 Å². The minimum absolute atomic E-state index is 0.159. The Morgan fingerprint density at radius 2 is 2.06 bits per heavy atom. The number of methoxy groups -OCH3 is 1. The van der Waals surface area contributed by atoms with E-state index in [2.05, 4.69) is 0 Å². The van der Waals surface area contributed by atoms with Gasteiger partial charge in [0.15, 0.2) is 0 Å². The van der Waals surface area contributed by atoms with Gasteiger partial charge in [0.2, 0.25) is 10.0 Å². The molecule has 2 rings (SSSR count). The summed E-state index contributed by atoms with van der Waals surface area (Å²) in [7, 11) is -2.04. The average Bonchev–Trinajstić information content (AvgIpc) is 2.72. The van der Waals surface area contributed by atoms with Crippen LogP contribution in [-0.2, 0) is 14.8 Å². The zero-order valence-corrected chi connectivity index (χ0v) is 11.4. The van der Waals surface area contributed by atoms with Gasteiger partial charge in [-0.15, -0.1) is 11.3 Å². The predicted molar refractivity (Wildman–Crippen MR) is 70.6 cm³/mol. The lowest BCUT2D eigenvalue weighted by Gasteiger charge is -2.04. The average molecular weight is 287 g/mol. The van der Waals surface area contributed by atoms with Crippen LogP contribution in [0.1, 0.15) is 0 Å². The van der Waals surface area contributed by atoms with E-state index in [1.54, 1.807) is 25.3 Å². The highest BCUT2D eigenvalue weighted by atomic mass is 32.2. The molecule has 0 atom stereocenters. The Bertz CT molecular complexity index is 648. The van der Waals surface area contributed by atoms with Gasteiger partial charge in [-0.05, 0) is 29.7 Å². The third-order valence-electron chi connectivity index (χ3n) is 2.30. The van der Waals surface area contributed by atoms with Crippen molar-refractivity contribution >= 4 is 31.4 Å². The van der Waals surface area contributed by atoms with E-state index in [4.69, 9.17) is 14.6 Å². The summed E-state index contributed by atoms with van der Waals surface area (Å²) in [4.78, 5) is 0. The van der Waals surface area contributed by atoms with Crippen LogP contribution in [-0.4, -0.2) is 28.7 Å². The van der Waals surface area contributed by atoms with Crippen molar-refractivity contribution in [3.8, 4) is 5.75 Å². The second kappa shape index (κ2) is 5.23. The van der Waals surface area contributed by atoms with Gasteiger partial charge in [0.1, 0.15) is 16.6 Å². The highest BCUT2D eigenvalue weighted by molar-refractivity contribution is 7.91. The molecule has 5 nitrogen and oxygen atoms in total. The largest absolute Gasteiger partial charge is 0.491 e. The van der Waals surface area contributed by atoms with Crippen LogP contribution >= 0.6 is 11.3 Å². The van der Waals surface area contributed by atoms with Crippen LogP contribution < -0.4 is 9.88 Å². The van der Waals surface area contributed by atoms with Gasteiger partial charge >= 0.3 is 0 Å². The fourth-order valence-corrected chi connectivity index (χ4v) is 3.27. The Kier molecular flexibility index (Phi) is 3.86. The molecule has 0 amide bonds. The molecule has 2 aromatic rings. The molecular formula is C11H13NO4S2. The van der Waals surface area contributed by atoms with Crippen molar-refractivity contribution in [1.82, 2.24) is 0 Å². The second-order valence-corrected chi connectivity index (χ2v) is 6.52. The van der Waals surface area contributed by atoms with Gasteiger partial charge in [-0.1, -0.05) is 0 Å². The molecule has 0 bridgehead atoms. The van der Waals surface area contributed by atoms with Gasteiger partial charge in [-0.3, -0.25) is 0 Å². The molecule has 0 fully saturated rings. The number of rotatable bonds is 5. The molecule has 1 aromatic heterocycles. The Balaban J connectivity index is 2.28. The van der Waals surface area contributed by atoms with Gasteiger partial charge in [0.05, 0.1) is 6.61 Å². The van der Waals surface area contributed by atoms with Crippen molar-refractivity contribution in [1.29, 1.82) is 0 Å². The molecule has 0 saturated heterocycles. The Hall–Kier alpha value is -1.15. The maximum absolute atomic E-state index is 11.2. The molecule has 18 heavy (non-hydrogen) atoms. The van der Waals surface area contributed by atoms with Crippen LogP contribution in [0.5, 0.6) is 5.75 Å². The first-order chi connectivity index (χ1) is 8.50. The van der Waals surface area contributed by atoms with Crippen molar-refractivity contribution in [2.75, 3.05) is 20.3 Å². The molecule has 1 heterocycles. The maximum Gasteiger partial charge on any atom is 0.247 e. The number of fused-ring (bicyclic) bond motifs is 1. The molecule has 0 saturated carbocycles. The molecular weight excluding hydrogens is 274 g/mol. The van der Waals surface area contributed by atoms with Crippen molar-refractivity contribution in [2.24, 2.45) is 5.14 Å². The summed E-state index contributed by atoms with van der Waals surface area (Å²) in [5.74, 6) is 0.679. The van der Waals surface area contributed by atoms with E-state index in [-0.39, 0.29) is 4.21 Å². The molecule has 0 aliphatic heterocycles. The maximum atomic E-state index is 11.2. The molecule has 0 unspecified atom stereocenters. The number of hydrogen-bond donors (Lipinski definition) is 1. The number of primary sulfonamides is 1. The summed E-state index contributed by atoms with van der Waals surface area (Å²) in [5.41, 5.74) is 0. The number of sulfonamides is 1. The van der Waals surface area contributed by atoms with E-state index in [0.29, 0.717) is 19.0 Å². The van der Waals surface area contributed by atoms with Gasteiger partial charge in [0.25, 0.3) is 0 Å². The first kappa shape index (κ1) is 13.3. The number of thiophene rings is 1. The van der Waals surface area contributed by atoms with E-state index in [0.717, 1.165) is 21.4 Å². The highest BCUT2D eigenvalue weighted by Crippen LogP contribution is 2.30.